The number of ether oxygens (including phenoxy) is 1. The van der Waals surface area contributed by atoms with Crippen LogP contribution in [0.15, 0.2) is 17.1 Å². The van der Waals surface area contributed by atoms with Crippen LogP contribution in [0.1, 0.15) is 42.1 Å². The molecule has 2 aliphatic heterocycles. The SMILES string of the molecule is COc1c(N2C[C@@H]3CCCN[C@@H]3C2)c(F)cc2c(=O)c(C(=O)O)cn(C3CC3)c12.Cl.Cl. The molecule has 0 radical (unpaired) electrons. The number of nitrogens with zero attached hydrogens (tertiary/aromatic N) is 2. The Morgan fingerprint density at radius 1 is 1.26 bits per heavy atom. The van der Waals surface area contributed by atoms with E-state index < -0.39 is 17.2 Å². The van der Waals surface area contributed by atoms with Gasteiger partial charge in [0.1, 0.15) is 11.3 Å². The van der Waals surface area contributed by atoms with E-state index in [1.165, 1.54) is 19.4 Å². The first kappa shape index (κ1) is 23.6. The van der Waals surface area contributed by atoms with Crippen LogP contribution < -0.4 is 20.4 Å². The van der Waals surface area contributed by atoms with Crippen molar-refractivity contribution in [2.75, 3.05) is 31.6 Å². The lowest BCUT2D eigenvalue weighted by Gasteiger charge is -2.25. The summed E-state index contributed by atoms with van der Waals surface area (Å²) in [5.41, 5.74) is -0.155. The fraction of sp³-hybridized carbons (Fsp3) is 0.524. The molecule has 0 spiro atoms. The van der Waals surface area contributed by atoms with Gasteiger partial charge in [0.2, 0.25) is 5.43 Å². The maximum atomic E-state index is 15.3. The highest BCUT2D eigenvalue weighted by Crippen LogP contribution is 2.45. The molecule has 0 bridgehead atoms. The van der Waals surface area contributed by atoms with E-state index in [0.29, 0.717) is 35.5 Å². The lowest BCUT2D eigenvalue weighted by molar-refractivity contribution is 0.0695. The highest BCUT2D eigenvalue weighted by molar-refractivity contribution is 5.97. The summed E-state index contributed by atoms with van der Waals surface area (Å²) in [6.45, 7) is 2.40. The Hall–Kier alpha value is -2.03. The van der Waals surface area contributed by atoms with Gasteiger partial charge in [0, 0.05) is 31.4 Å². The van der Waals surface area contributed by atoms with Crippen molar-refractivity contribution in [2.24, 2.45) is 5.92 Å². The van der Waals surface area contributed by atoms with E-state index in [9.17, 15) is 14.7 Å². The summed E-state index contributed by atoms with van der Waals surface area (Å²) in [4.78, 5) is 26.4. The summed E-state index contributed by atoms with van der Waals surface area (Å²) < 4.78 is 22.8. The molecule has 3 heterocycles. The van der Waals surface area contributed by atoms with Crippen molar-refractivity contribution in [1.82, 2.24) is 9.88 Å². The highest BCUT2D eigenvalue weighted by Gasteiger charge is 2.38. The molecule has 1 aromatic heterocycles. The molecule has 170 valence electrons. The zero-order valence-electron chi connectivity index (χ0n) is 17.1. The topological polar surface area (TPSA) is 83.8 Å². The Kier molecular flexibility index (Phi) is 6.74. The highest BCUT2D eigenvalue weighted by atomic mass is 35.5. The van der Waals surface area contributed by atoms with Gasteiger partial charge in [-0.05, 0) is 44.2 Å². The standard InChI is InChI=1S/C21H24FN3O4.2ClH/c1-29-20-17-13(19(26)14(21(27)28)9-25(17)12-4-5-12)7-15(22)18(20)24-8-11-3-2-6-23-16(11)10-24;;/h7,9,11-12,16,23H,2-6,8,10H2,1H3,(H,27,28);2*1H/t11-,16+;;/m0../s1. The van der Waals surface area contributed by atoms with Crippen LogP contribution in [-0.4, -0.2) is 48.4 Å². The van der Waals surface area contributed by atoms with Crippen LogP contribution >= 0.6 is 24.8 Å². The number of nitrogens with one attached hydrogen (secondary N) is 1. The quantitative estimate of drug-likeness (QED) is 0.708. The number of carboxylic acids is 1. The number of pyridine rings is 1. The number of aromatic nitrogens is 1. The molecule has 1 saturated carbocycles. The van der Waals surface area contributed by atoms with Gasteiger partial charge in [-0.15, -0.1) is 24.8 Å². The molecule has 0 amide bonds. The van der Waals surface area contributed by atoms with E-state index in [4.69, 9.17) is 4.74 Å². The Morgan fingerprint density at radius 2 is 2.00 bits per heavy atom. The number of piperidine rings is 1. The lowest BCUT2D eigenvalue weighted by Crippen LogP contribution is -2.40. The molecule has 31 heavy (non-hydrogen) atoms. The third-order valence-electron chi connectivity index (χ3n) is 6.49. The molecule has 7 nitrogen and oxygen atoms in total. The third-order valence-corrected chi connectivity index (χ3v) is 6.49. The van der Waals surface area contributed by atoms with Crippen molar-refractivity contribution in [1.29, 1.82) is 0 Å². The second kappa shape index (κ2) is 8.84. The van der Waals surface area contributed by atoms with Crippen molar-refractivity contribution in [2.45, 2.75) is 37.8 Å². The number of hydrogen-bond donors (Lipinski definition) is 2. The maximum absolute atomic E-state index is 15.3. The smallest absolute Gasteiger partial charge is 0.341 e. The van der Waals surface area contributed by atoms with Crippen LogP contribution in [0, 0.1) is 11.7 Å². The van der Waals surface area contributed by atoms with Gasteiger partial charge in [0.25, 0.3) is 0 Å². The van der Waals surface area contributed by atoms with Crippen molar-refractivity contribution in [3.05, 3.63) is 33.9 Å². The minimum Gasteiger partial charge on any atom is -0.492 e. The Bertz CT molecular complexity index is 1060. The Labute approximate surface area is 191 Å². The van der Waals surface area contributed by atoms with Crippen molar-refractivity contribution < 1.29 is 19.0 Å². The number of carbonyl (C=O) groups is 1. The predicted molar refractivity (Wildman–Crippen MR) is 121 cm³/mol. The van der Waals surface area contributed by atoms with Crippen LogP contribution in [0.2, 0.25) is 0 Å². The number of hydrogen-bond acceptors (Lipinski definition) is 5. The molecule has 3 fully saturated rings. The number of halogens is 3. The molecular weight excluding hydrogens is 448 g/mol. The number of rotatable bonds is 4. The number of carboxylic acid groups (broad SMARTS) is 1. The first-order valence-electron chi connectivity index (χ1n) is 10.2. The molecule has 0 unspecified atom stereocenters. The van der Waals surface area contributed by atoms with Gasteiger partial charge in [-0.3, -0.25) is 4.79 Å². The van der Waals surface area contributed by atoms with Crippen molar-refractivity contribution in [3.8, 4) is 5.75 Å². The first-order chi connectivity index (χ1) is 14.0. The minimum atomic E-state index is -1.30. The van der Waals surface area contributed by atoms with E-state index >= 15 is 4.39 Å². The van der Waals surface area contributed by atoms with Crippen LogP contribution in [0.25, 0.3) is 10.9 Å². The van der Waals surface area contributed by atoms with Crippen LogP contribution in [-0.2, 0) is 0 Å². The average molecular weight is 474 g/mol. The van der Waals surface area contributed by atoms with Gasteiger partial charge in [-0.25, -0.2) is 9.18 Å². The van der Waals surface area contributed by atoms with Gasteiger partial charge in [0.15, 0.2) is 11.6 Å². The molecule has 5 rings (SSSR count). The summed E-state index contributed by atoms with van der Waals surface area (Å²) in [6.07, 6.45) is 5.40. The van der Waals surface area contributed by atoms with Crippen LogP contribution in [0.4, 0.5) is 10.1 Å². The Balaban J connectivity index is 0.00000136. The zero-order valence-corrected chi connectivity index (χ0v) is 18.7. The van der Waals surface area contributed by atoms with Gasteiger partial charge in [-0.1, -0.05) is 0 Å². The maximum Gasteiger partial charge on any atom is 0.341 e. The lowest BCUT2D eigenvalue weighted by atomic mass is 9.94. The van der Waals surface area contributed by atoms with Crippen LogP contribution in [0.5, 0.6) is 5.75 Å². The van der Waals surface area contributed by atoms with E-state index in [-0.39, 0.29) is 41.8 Å². The van der Waals surface area contributed by atoms with E-state index in [0.717, 1.165) is 38.8 Å². The number of benzene rings is 1. The van der Waals surface area contributed by atoms with Gasteiger partial charge >= 0.3 is 5.97 Å². The van der Waals surface area contributed by atoms with Gasteiger partial charge in [-0.2, -0.15) is 0 Å². The molecule has 1 aliphatic carbocycles. The van der Waals surface area contributed by atoms with Crippen LogP contribution in [0.3, 0.4) is 0 Å². The summed E-state index contributed by atoms with van der Waals surface area (Å²) in [5, 5.41) is 13.0. The predicted octanol–water partition coefficient (Wildman–Crippen LogP) is 3.21. The fourth-order valence-corrected chi connectivity index (χ4v) is 4.95. The molecule has 2 N–H and O–H groups in total. The van der Waals surface area contributed by atoms with Gasteiger partial charge in [0.05, 0.1) is 18.0 Å². The van der Waals surface area contributed by atoms with E-state index in [1.54, 1.807) is 4.57 Å². The second-order valence-electron chi connectivity index (χ2n) is 8.32. The Morgan fingerprint density at radius 3 is 2.61 bits per heavy atom. The summed E-state index contributed by atoms with van der Waals surface area (Å²) in [6, 6.07) is 1.62. The normalized spacial score (nSPS) is 22.5. The second-order valence-corrected chi connectivity index (χ2v) is 8.32. The van der Waals surface area contributed by atoms with E-state index in [2.05, 4.69) is 5.32 Å². The van der Waals surface area contributed by atoms with E-state index in [1.807, 2.05) is 4.90 Å². The number of fused-ring (bicyclic) bond motifs is 2. The molecule has 1 aromatic carbocycles. The molecular formula is C21H26Cl2FN3O4. The third kappa shape index (κ3) is 3.85. The fourth-order valence-electron chi connectivity index (χ4n) is 4.95. The summed E-state index contributed by atoms with van der Waals surface area (Å²) in [5.74, 6) is -1.07. The minimum absolute atomic E-state index is 0. The molecule has 2 saturated heterocycles. The zero-order chi connectivity index (χ0) is 20.3. The summed E-state index contributed by atoms with van der Waals surface area (Å²) in [7, 11) is 1.48. The average Bonchev–Trinajstić information content (AvgIpc) is 3.45. The van der Waals surface area contributed by atoms with Crippen molar-refractivity contribution >= 4 is 47.4 Å². The molecule has 2 atom stereocenters. The van der Waals surface area contributed by atoms with Gasteiger partial charge < -0.3 is 24.6 Å². The summed E-state index contributed by atoms with van der Waals surface area (Å²) >= 11 is 0. The molecule has 10 heteroatoms. The molecule has 2 aromatic rings. The largest absolute Gasteiger partial charge is 0.492 e. The monoisotopic (exact) mass is 473 g/mol. The number of methoxy groups -OCH3 is 1. The first-order valence-corrected chi connectivity index (χ1v) is 10.2. The number of anilines is 1. The molecule has 3 aliphatic rings. The number of aromatic carboxylic acids is 1. The van der Waals surface area contributed by atoms with Crippen molar-refractivity contribution in [3.63, 3.8) is 0 Å².